The van der Waals surface area contributed by atoms with Crippen LogP contribution in [0.4, 0.5) is 10.1 Å². The molecule has 0 aliphatic carbocycles. The predicted octanol–water partition coefficient (Wildman–Crippen LogP) is 5.06. The number of amides is 2. The molecule has 2 amide bonds. The number of hydrogen-bond donors (Lipinski definition) is 1. The number of carbonyl (C=O) groups excluding carboxylic acids is 2. The third kappa shape index (κ3) is 7.31. The molecule has 0 bridgehead atoms. The second-order valence-electron chi connectivity index (χ2n) is 9.24. The molecule has 0 spiro atoms. The Morgan fingerprint density at radius 1 is 0.829 bits per heavy atom. The number of para-hydroxylation sites is 1. The highest BCUT2D eigenvalue weighted by molar-refractivity contribution is 7.92. The first kappa shape index (κ1) is 29.8. The number of benzene rings is 4. The molecule has 10 heteroatoms. The fraction of sp³-hybridized carbons (Fsp3) is 0.161. The Labute approximate surface area is 244 Å². The first-order valence-electron chi connectivity index (χ1n) is 12.8. The van der Waals surface area contributed by atoms with E-state index in [1.807, 2.05) is 30.3 Å². The van der Waals surface area contributed by atoms with Crippen LogP contribution < -0.4 is 9.62 Å². The minimum absolute atomic E-state index is 0.0232. The van der Waals surface area contributed by atoms with Crippen molar-refractivity contribution in [2.24, 2.45) is 0 Å². The Hall–Kier alpha value is -4.21. The lowest BCUT2D eigenvalue weighted by atomic mass is 10.0. The van der Waals surface area contributed by atoms with Crippen LogP contribution in [0.3, 0.4) is 0 Å². The van der Waals surface area contributed by atoms with Gasteiger partial charge in [-0.05, 0) is 47.5 Å². The first-order chi connectivity index (χ1) is 19.7. The topological polar surface area (TPSA) is 86.8 Å². The van der Waals surface area contributed by atoms with Crippen molar-refractivity contribution in [3.05, 3.63) is 131 Å². The summed E-state index contributed by atoms with van der Waals surface area (Å²) in [4.78, 5) is 28.7. The summed E-state index contributed by atoms with van der Waals surface area (Å²) >= 11 is 6.43. The highest BCUT2D eigenvalue weighted by Gasteiger charge is 2.34. The van der Waals surface area contributed by atoms with E-state index in [9.17, 15) is 22.4 Å². The molecule has 0 saturated carbocycles. The van der Waals surface area contributed by atoms with Gasteiger partial charge in [0.2, 0.25) is 11.8 Å². The average molecular weight is 594 g/mol. The van der Waals surface area contributed by atoms with Gasteiger partial charge >= 0.3 is 0 Å². The van der Waals surface area contributed by atoms with Gasteiger partial charge in [-0.15, -0.1) is 0 Å². The van der Waals surface area contributed by atoms with Crippen molar-refractivity contribution in [1.82, 2.24) is 10.2 Å². The monoisotopic (exact) mass is 593 g/mol. The number of hydrogen-bond acceptors (Lipinski definition) is 4. The number of likely N-dealkylation sites (N-methyl/N-ethyl adjacent to an activating group) is 1. The van der Waals surface area contributed by atoms with Crippen LogP contribution in [0, 0.1) is 5.82 Å². The number of halogens is 2. The highest BCUT2D eigenvalue weighted by Crippen LogP contribution is 2.31. The molecule has 0 heterocycles. The van der Waals surface area contributed by atoms with Crippen molar-refractivity contribution in [3.8, 4) is 0 Å². The summed E-state index contributed by atoms with van der Waals surface area (Å²) in [5.74, 6) is -1.52. The zero-order valence-corrected chi connectivity index (χ0v) is 23.9. The van der Waals surface area contributed by atoms with E-state index < -0.39 is 40.2 Å². The number of nitrogens with one attached hydrogen (secondary N) is 1. The van der Waals surface area contributed by atoms with Crippen LogP contribution in [-0.4, -0.2) is 44.8 Å². The molecule has 0 aliphatic heterocycles. The molecule has 0 saturated heterocycles. The number of nitrogens with zero attached hydrogens (tertiary/aromatic N) is 2. The summed E-state index contributed by atoms with van der Waals surface area (Å²) in [5.41, 5.74) is 1.49. The Morgan fingerprint density at radius 2 is 1.41 bits per heavy atom. The van der Waals surface area contributed by atoms with E-state index in [1.165, 1.54) is 60.5 Å². The van der Waals surface area contributed by atoms with Gasteiger partial charge in [-0.1, -0.05) is 84.4 Å². The molecule has 1 N–H and O–H groups in total. The van der Waals surface area contributed by atoms with Crippen LogP contribution in [0.5, 0.6) is 0 Å². The van der Waals surface area contributed by atoms with Crippen molar-refractivity contribution < 1.29 is 22.4 Å². The number of anilines is 1. The summed E-state index contributed by atoms with van der Waals surface area (Å²) < 4.78 is 42.4. The summed E-state index contributed by atoms with van der Waals surface area (Å²) in [6.07, 6.45) is 0.172. The van der Waals surface area contributed by atoms with Gasteiger partial charge in [-0.3, -0.25) is 13.9 Å². The summed E-state index contributed by atoms with van der Waals surface area (Å²) in [7, 11) is -2.77. The third-order valence-corrected chi connectivity index (χ3v) is 8.61. The minimum atomic E-state index is -4.24. The van der Waals surface area contributed by atoms with Crippen LogP contribution in [0.2, 0.25) is 5.02 Å². The molecule has 4 aromatic rings. The standard InChI is InChI=1S/C31H29ClFN3O4S/c1-34-31(38)29(20-23-10-4-2-5-11-23)35(21-24-16-18-25(33)19-17-24)30(37)22-36(28-15-9-8-14-27(28)32)41(39,40)26-12-6-3-7-13-26/h2-19,29H,20-22H2,1H3,(H,34,38)/t29-/m0/s1. The average Bonchev–Trinajstić information content (AvgIpc) is 2.99. The van der Waals surface area contributed by atoms with E-state index in [1.54, 1.807) is 30.3 Å². The Balaban J connectivity index is 1.78. The summed E-state index contributed by atoms with van der Waals surface area (Å²) in [6.45, 7) is -0.698. The normalized spacial score (nSPS) is 11.9. The van der Waals surface area contributed by atoms with Crippen molar-refractivity contribution >= 4 is 39.1 Å². The Morgan fingerprint density at radius 3 is 2.02 bits per heavy atom. The largest absolute Gasteiger partial charge is 0.357 e. The van der Waals surface area contributed by atoms with Crippen molar-refractivity contribution in [1.29, 1.82) is 0 Å². The summed E-state index contributed by atoms with van der Waals surface area (Å²) in [5, 5.41) is 2.76. The maximum absolute atomic E-state index is 14.2. The quantitative estimate of drug-likeness (QED) is 0.263. The molecule has 0 unspecified atom stereocenters. The lowest BCUT2D eigenvalue weighted by Gasteiger charge is -2.33. The Bertz CT molecular complexity index is 1590. The molecule has 1 atom stereocenters. The number of carbonyl (C=O) groups is 2. The van der Waals surface area contributed by atoms with Gasteiger partial charge in [0, 0.05) is 20.0 Å². The van der Waals surface area contributed by atoms with Gasteiger partial charge in [-0.25, -0.2) is 12.8 Å². The molecule has 0 aromatic heterocycles. The second-order valence-corrected chi connectivity index (χ2v) is 11.5. The van der Waals surface area contributed by atoms with Gasteiger partial charge in [0.05, 0.1) is 15.6 Å². The second kappa shape index (κ2) is 13.4. The van der Waals surface area contributed by atoms with Gasteiger partial charge in [0.15, 0.2) is 0 Å². The molecule has 0 radical (unpaired) electrons. The molecular formula is C31H29ClFN3O4S. The molecule has 41 heavy (non-hydrogen) atoms. The Kier molecular flexibility index (Phi) is 9.75. The van der Waals surface area contributed by atoms with Gasteiger partial charge in [0.1, 0.15) is 18.4 Å². The molecule has 4 aromatic carbocycles. The lowest BCUT2D eigenvalue weighted by molar-refractivity contribution is -0.139. The highest BCUT2D eigenvalue weighted by atomic mass is 35.5. The molecule has 0 fully saturated rings. The van der Waals surface area contributed by atoms with E-state index in [2.05, 4.69) is 5.32 Å². The van der Waals surface area contributed by atoms with Gasteiger partial charge in [0.25, 0.3) is 10.0 Å². The number of rotatable bonds is 11. The van der Waals surface area contributed by atoms with Crippen LogP contribution in [0.15, 0.2) is 114 Å². The van der Waals surface area contributed by atoms with Crippen LogP contribution >= 0.6 is 11.6 Å². The van der Waals surface area contributed by atoms with Crippen LogP contribution in [0.25, 0.3) is 0 Å². The van der Waals surface area contributed by atoms with E-state index in [-0.39, 0.29) is 28.6 Å². The molecular weight excluding hydrogens is 565 g/mol. The lowest BCUT2D eigenvalue weighted by Crippen LogP contribution is -2.53. The van der Waals surface area contributed by atoms with E-state index >= 15 is 0 Å². The van der Waals surface area contributed by atoms with Crippen molar-refractivity contribution in [2.45, 2.75) is 23.9 Å². The van der Waals surface area contributed by atoms with Crippen molar-refractivity contribution in [3.63, 3.8) is 0 Å². The zero-order valence-electron chi connectivity index (χ0n) is 22.3. The summed E-state index contributed by atoms with van der Waals surface area (Å²) in [6, 6.07) is 27.8. The smallest absolute Gasteiger partial charge is 0.264 e. The molecule has 0 aliphatic rings. The van der Waals surface area contributed by atoms with Crippen LogP contribution in [0.1, 0.15) is 11.1 Å². The van der Waals surface area contributed by atoms with E-state index in [0.717, 1.165) is 9.87 Å². The molecule has 4 rings (SSSR count). The van der Waals surface area contributed by atoms with Gasteiger partial charge < -0.3 is 10.2 Å². The number of sulfonamides is 1. The first-order valence-corrected chi connectivity index (χ1v) is 14.6. The SMILES string of the molecule is CNC(=O)[C@H](Cc1ccccc1)N(Cc1ccc(F)cc1)C(=O)CN(c1ccccc1Cl)S(=O)(=O)c1ccccc1. The minimum Gasteiger partial charge on any atom is -0.357 e. The van der Waals surface area contributed by atoms with Gasteiger partial charge in [-0.2, -0.15) is 0 Å². The fourth-order valence-electron chi connectivity index (χ4n) is 4.39. The third-order valence-electron chi connectivity index (χ3n) is 6.51. The zero-order chi connectivity index (χ0) is 29.4. The molecule has 212 valence electrons. The van der Waals surface area contributed by atoms with Crippen molar-refractivity contribution in [2.75, 3.05) is 17.9 Å². The predicted molar refractivity (Wildman–Crippen MR) is 157 cm³/mol. The van der Waals surface area contributed by atoms with E-state index in [4.69, 9.17) is 11.6 Å². The maximum Gasteiger partial charge on any atom is 0.264 e. The fourth-order valence-corrected chi connectivity index (χ4v) is 6.14. The maximum atomic E-state index is 14.2. The molecule has 7 nitrogen and oxygen atoms in total. The van der Waals surface area contributed by atoms with E-state index in [0.29, 0.717) is 5.56 Å². The van der Waals surface area contributed by atoms with Crippen LogP contribution in [-0.2, 0) is 32.6 Å².